The molecule has 26 heavy (non-hydrogen) atoms. The molecule has 0 aromatic carbocycles. The number of piperazine rings is 1. The molecule has 6 heteroatoms. The molecule has 1 saturated heterocycles. The van der Waals surface area contributed by atoms with Crippen LogP contribution in [0.4, 0.5) is 5.82 Å². The van der Waals surface area contributed by atoms with Crippen LogP contribution in [-0.4, -0.2) is 48.2 Å². The summed E-state index contributed by atoms with van der Waals surface area (Å²) in [5, 5.41) is 1.32. The number of fused-ring (bicyclic) bond motifs is 5. The molecule has 0 spiro atoms. The lowest BCUT2D eigenvalue weighted by molar-refractivity contribution is -0.880. The molecule has 3 aromatic rings. The van der Waals surface area contributed by atoms with E-state index in [1.807, 2.05) is 0 Å². The Balaban J connectivity index is 1.71. The third-order valence-electron chi connectivity index (χ3n) is 5.94. The van der Waals surface area contributed by atoms with E-state index in [2.05, 4.69) is 18.9 Å². The third-order valence-corrected chi connectivity index (χ3v) is 7.01. The highest BCUT2D eigenvalue weighted by Gasteiger charge is 2.26. The SMILES string of the molecule is CCCc1nc2sc3c(N4CC[NH+](C)CC4)ncnc3c2c2c1CCC2. The summed E-state index contributed by atoms with van der Waals surface area (Å²) in [6.07, 6.45) is 7.62. The summed E-state index contributed by atoms with van der Waals surface area (Å²) in [7, 11) is 2.27. The van der Waals surface area contributed by atoms with Gasteiger partial charge in [0.05, 0.1) is 43.4 Å². The Bertz CT molecular complexity index is 971. The van der Waals surface area contributed by atoms with Gasteiger partial charge >= 0.3 is 0 Å². The zero-order chi connectivity index (χ0) is 17.7. The molecule has 1 aliphatic heterocycles. The average molecular weight is 369 g/mol. The minimum atomic E-state index is 1.07. The maximum Gasteiger partial charge on any atom is 0.150 e. The summed E-state index contributed by atoms with van der Waals surface area (Å²) in [4.78, 5) is 19.7. The number of nitrogens with one attached hydrogen (secondary N) is 1. The summed E-state index contributed by atoms with van der Waals surface area (Å²) in [5.74, 6) is 1.12. The minimum absolute atomic E-state index is 1.07. The summed E-state index contributed by atoms with van der Waals surface area (Å²) in [6.45, 7) is 6.73. The topological polar surface area (TPSA) is 46.4 Å². The predicted molar refractivity (Wildman–Crippen MR) is 108 cm³/mol. The largest absolute Gasteiger partial charge is 0.344 e. The number of thiophene rings is 1. The molecule has 0 atom stereocenters. The van der Waals surface area contributed by atoms with Crippen molar-refractivity contribution < 1.29 is 4.90 Å². The maximum atomic E-state index is 5.10. The van der Waals surface area contributed by atoms with Crippen molar-refractivity contribution in [1.29, 1.82) is 0 Å². The number of hydrogen-bond donors (Lipinski definition) is 1. The lowest BCUT2D eigenvalue weighted by atomic mass is 10.0. The van der Waals surface area contributed by atoms with Crippen LogP contribution in [0, 0.1) is 0 Å². The fourth-order valence-electron chi connectivity index (χ4n) is 4.53. The summed E-state index contributed by atoms with van der Waals surface area (Å²) in [6, 6.07) is 0. The first kappa shape index (κ1) is 16.4. The Labute approximate surface area is 158 Å². The molecule has 0 bridgehead atoms. The quantitative estimate of drug-likeness (QED) is 0.768. The Hall–Kier alpha value is -1.79. The highest BCUT2D eigenvalue weighted by molar-refractivity contribution is 7.26. The Kier molecular flexibility index (Phi) is 4.05. The molecular formula is C20H26N5S+. The smallest absolute Gasteiger partial charge is 0.150 e. The van der Waals surface area contributed by atoms with Crippen LogP contribution >= 0.6 is 11.3 Å². The van der Waals surface area contributed by atoms with Crippen LogP contribution in [0.15, 0.2) is 6.33 Å². The second kappa shape index (κ2) is 6.43. The number of quaternary nitrogens is 1. The fourth-order valence-corrected chi connectivity index (χ4v) is 5.73. The van der Waals surface area contributed by atoms with Crippen LogP contribution in [0.5, 0.6) is 0 Å². The molecule has 0 radical (unpaired) electrons. The standard InChI is InChI=1S/C20H25N5S/c1-3-5-15-13-6-4-7-14(13)16-17-18(26-20(16)23-15)19(22-12-21-17)25-10-8-24(2)9-11-25/h12H,3-11H2,1-2H3/p+1. The van der Waals surface area contributed by atoms with Crippen LogP contribution in [0.3, 0.4) is 0 Å². The van der Waals surface area contributed by atoms with Crippen LogP contribution in [-0.2, 0) is 19.3 Å². The van der Waals surface area contributed by atoms with Crippen molar-refractivity contribution in [2.24, 2.45) is 0 Å². The first-order valence-corrected chi connectivity index (χ1v) is 10.7. The van der Waals surface area contributed by atoms with Crippen molar-refractivity contribution in [3.8, 4) is 0 Å². The van der Waals surface area contributed by atoms with E-state index in [0.717, 1.165) is 37.3 Å². The van der Waals surface area contributed by atoms with Crippen molar-refractivity contribution in [2.75, 3.05) is 38.1 Å². The molecule has 4 heterocycles. The molecular weight excluding hydrogens is 342 g/mol. The number of pyridine rings is 1. The Morgan fingerprint density at radius 3 is 2.77 bits per heavy atom. The predicted octanol–water partition coefficient (Wildman–Crippen LogP) is 2.02. The number of hydrogen-bond acceptors (Lipinski definition) is 5. The monoisotopic (exact) mass is 368 g/mol. The highest BCUT2D eigenvalue weighted by Crippen LogP contribution is 2.42. The average Bonchev–Trinajstić information content (AvgIpc) is 3.26. The molecule has 3 aromatic heterocycles. The van der Waals surface area contributed by atoms with E-state index in [-0.39, 0.29) is 0 Å². The lowest BCUT2D eigenvalue weighted by Crippen LogP contribution is -3.12. The van der Waals surface area contributed by atoms with E-state index in [4.69, 9.17) is 15.0 Å². The summed E-state index contributed by atoms with van der Waals surface area (Å²) >= 11 is 1.80. The van der Waals surface area contributed by atoms with Crippen molar-refractivity contribution >= 4 is 37.6 Å². The molecule has 1 aliphatic carbocycles. The van der Waals surface area contributed by atoms with Crippen molar-refractivity contribution in [3.63, 3.8) is 0 Å². The Morgan fingerprint density at radius 1 is 1.15 bits per heavy atom. The molecule has 0 unspecified atom stereocenters. The van der Waals surface area contributed by atoms with Gasteiger partial charge in [0.1, 0.15) is 11.2 Å². The minimum Gasteiger partial charge on any atom is -0.344 e. The lowest BCUT2D eigenvalue weighted by Gasteiger charge is -2.30. The van der Waals surface area contributed by atoms with Gasteiger partial charge in [-0.2, -0.15) is 0 Å². The number of aromatic nitrogens is 3. The molecule has 5 rings (SSSR count). The van der Waals surface area contributed by atoms with Gasteiger partial charge in [-0.05, 0) is 36.8 Å². The second-order valence-electron chi connectivity index (χ2n) is 7.72. The second-order valence-corrected chi connectivity index (χ2v) is 8.72. The van der Waals surface area contributed by atoms with Crippen molar-refractivity contribution in [1.82, 2.24) is 15.0 Å². The number of anilines is 1. The highest BCUT2D eigenvalue weighted by atomic mass is 32.1. The first-order chi connectivity index (χ1) is 12.8. The fraction of sp³-hybridized carbons (Fsp3) is 0.550. The summed E-state index contributed by atoms with van der Waals surface area (Å²) in [5.41, 5.74) is 5.51. The molecule has 5 nitrogen and oxygen atoms in total. The van der Waals surface area contributed by atoms with Gasteiger partial charge in [0, 0.05) is 11.1 Å². The summed E-state index contributed by atoms with van der Waals surface area (Å²) < 4.78 is 1.23. The molecule has 136 valence electrons. The molecule has 0 amide bonds. The van der Waals surface area contributed by atoms with Crippen LogP contribution in [0.1, 0.15) is 36.6 Å². The van der Waals surface area contributed by atoms with E-state index < -0.39 is 0 Å². The number of nitrogens with zero attached hydrogens (tertiary/aromatic N) is 4. The molecule has 0 saturated carbocycles. The zero-order valence-corrected chi connectivity index (χ0v) is 16.5. The van der Waals surface area contributed by atoms with Gasteiger partial charge < -0.3 is 9.80 Å². The van der Waals surface area contributed by atoms with E-state index in [9.17, 15) is 0 Å². The third kappa shape index (κ3) is 2.50. The van der Waals surface area contributed by atoms with Gasteiger partial charge in [0.25, 0.3) is 0 Å². The van der Waals surface area contributed by atoms with E-state index in [1.54, 1.807) is 22.6 Å². The number of aryl methyl sites for hydroxylation is 2. The van der Waals surface area contributed by atoms with Crippen LogP contribution < -0.4 is 9.80 Å². The van der Waals surface area contributed by atoms with Gasteiger partial charge in [0.2, 0.25) is 0 Å². The number of likely N-dealkylation sites (N-methyl/N-ethyl adjacent to an activating group) is 1. The van der Waals surface area contributed by atoms with E-state index in [1.165, 1.54) is 64.1 Å². The van der Waals surface area contributed by atoms with Gasteiger partial charge in [-0.3, -0.25) is 0 Å². The number of rotatable bonds is 3. The van der Waals surface area contributed by atoms with Gasteiger partial charge in [0.15, 0.2) is 5.82 Å². The zero-order valence-electron chi connectivity index (χ0n) is 15.6. The van der Waals surface area contributed by atoms with Crippen LogP contribution in [0.25, 0.3) is 20.4 Å². The van der Waals surface area contributed by atoms with Crippen LogP contribution in [0.2, 0.25) is 0 Å². The van der Waals surface area contributed by atoms with E-state index in [0.29, 0.717) is 0 Å². The molecule has 2 aliphatic rings. The van der Waals surface area contributed by atoms with Crippen molar-refractivity contribution in [3.05, 3.63) is 23.1 Å². The molecule has 1 N–H and O–H groups in total. The Morgan fingerprint density at radius 2 is 1.96 bits per heavy atom. The van der Waals surface area contributed by atoms with Gasteiger partial charge in [-0.1, -0.05) is 13.3 Å². The first-order valence-electron chi connectivity index (χ1n) is 9.90. The molecule has 1 fully saturated rings. The maximum absolute atomic E-state index is 5.10. The van der Waals surface area contributed by atoms with Crippen molar-refractivity contribution in [2.45, 2.75) is 39.0 Å². The van der Waals surface area contributed by atoms with Gasteiger partial charge in [-0.15, -0.1) is 11.3 Å². The van der Waals surface area contributed by atoms with E-state index >= 15 is 0 Å². The normalized spacial score (nSPS) is 18.2. The van der Waals surface area contributed by atoms with Gasteiger partial charge in [-0.25, -0.2) is 15.0 Å².